The molecular weight excluding hydrogens is 424 g/mol. The fourth-order valence-electron chi connectivity index (χ4n) is 5.00. The van der Waals surface area contributed by atoms with E-state index in [2.05, 4.69) is 39.5 Å². The molecule has 1 saturated heterocycles. The minimum atomic E-state index is -0.0709. The second kappa shape index (κ2) is 10.1. The first-order valence-electron chi connectivity index (χ1n) is 12.0. The Morgan fingerprint density at radius 3 is 2.29 bits per heavy atom. The van der Waals surface area contributed by atoms with Gasteiger partial charge in [-0.1, -0.05) is 72.8 Å². The number of para-hydroxylation sites is 2. The van der Waals surface area contributed by atoms with E-state index in [4.69, 9.17) is 0 Å². The van der Waals surface area contributed by atoms with Crippen molar-refractivity contribution in [3.8, 4) is 0 Å². The van der Waals surface area contributed by atoms with Crippen LogP contribution in [0.2, 0.25) is 0 Å². The molecule has 34 heavy (non-hydrogen) atoms. The number of hydrogen-bond donors (Lipinski definition) is 2. The van der Waals surface area contributed by atoms with Crippen LogP contribution in [0, 0.1) is 0 Å². The summed E-state index contributed by atoms with van der Waals surface area (Å²) in [6.07, 6.45) is 2.45. The van der Waals surface area contributed by atoms with Crippen LogP contribution in [0.1, 0.15) is 36.1 Å². The summed E-state index contributed by atoms with van der Waals surface area (Å²) in [6, 6.07) is 28.3. The molecule has 6 nitrogen and oxygen atoms in total. The summed E-state index contributed by atoms with van der Waals surface area (Å²) in [5, 5.41) is 3.26. The monoisotopic (exact) mass is 454 g/mol. The Hall–Kier alpha value is -3.64. The summed E-state index contributed by atoms with van der Waals surface area (Å²) in [5.74, 6) is 0.0347. The Kier molecular flexibility index (Phi) is 6.58. The zero-order valence-corrected chi connectivity index (χ0v) is 19.2. The zero-order chi connectivity index (χ0) is 23.3. The van der Waals surface area contributed by atoms with E-state index in [0.29, 0.717) is 6.54 Å². The first-order valence-corrected chi connectivity index (χ1v) is 12.0. The van der Waals surface area contributed by atoms with Crippen molar-refractivity contribution in [3.63, 3.8) is 0 Å². The van der Waals surface area contributed by atoms with Gasteiger partial charge >= 0.3 is 5.69 Å². The van der Waals surface area contributed by atoms with E-state index in [0.717, 1.165) is 48.9 Å². The first kappa shape index (κ1) is 22.2. The Balaban J connectivity index is 1.21. The number of piperidine rings is 1. The Morgan fingerprint density at radius 2 is 1.56 bits per heavy atom. The maximum absolute atomic E-state index is 13.0. The van der Waals surface area contributed by atoms with Gasteiger partial charge in [0.05, 0.1) is 23.6 Å². The van der Waals surface area contributed by atoms with Crippen LogP contribution in [0.3, 0.4) is 0 Å². The van der Waals surface area contributed by atoms with Gasteiger partial charge in [0.1, 0.15) is 0 Å². The topological polar surface area (TPSA) is 70.1 Å². The van der Waals surface area contributed by atoms with Crippen molar-refractivity contribution >= 4 is 16.9 Å². The highest BCUT2D eigenvalue weighted by Crippen LogP contribution is 2.25. The van der Waals surface area contributed by atoms with E-state index in [1.165, 1.54) is 5.56 Å². The number of amides is 1. The molecule has 6 heteroatoms. The number of carbonyl (C=O) groups is 1. The maximum atomic E-state index is 13.0. The van der Waals surface area contributed by atoms with Crippen molar-refractivity contribution in [1.82, 2.24) is 19.8 Å². The number of benzene rings is 3. The van der Waals surface area contributed by atoms with Gasteiger partial charge in [0.25, 0.3) is 0 Å². The molecule has 3 aromatic carbocycles. The highest BCUT2D eigenvalue weighted by molar-refractivity contribution is 5.78. The maximum Gasteiger partial charge on any atom is 0.326 e. The van der Waals surface area contributed by atoms with Gasteiger partial charge in [0.2, 0.25) is 5.91 Å². The number of H-pyrrole nitrogens is 1. The van der Waals surface area contributed by atoms with Crippen LogP contribution in [-0.2, 0) is 11.2 Å². The number of fused-ring (bicyclic) bond motifs is 1. The Labute approximate surface area is 199 Å². The zero-order valence-electron chi connectivity index (χ0n) is 19.2. The van der Waals surface area contributed by atoms with E-state index in [1.54, 1.807) is 0 Å². The SMILES string of the molecule is O=C(CN1CCC(n2c(=O)[nH]c3ccccc32)CC1)NC(Cc1ccccc1)c1ccccc1. The molecular formula is C28H30N4O2. The molecule has 1 aliphatic heterocycles. The van der Waals surface area contributed by atoms with Crippen LogP contribution in [0.4, 0.5) is 0 Å². The van der Waals surface area contributed by atoms with E-state index >= 15 is 0 Å². The second-order valence-corrected chi connectivity index (χ2v) is 9.05. The molecule has 0 aliphatic carbocycles. The summed E-state index contributed by atoms with van der Waals surface area (Å²) >= 11 is 0. The van der Waals surface area contributed by atoms with Crippen LogP contribution in [0.5, 0.6) is 0 Å². The number of imidazole rings is 1. The van der Waals surface area contributed by atoms with Crippen molar-refractivity contribution in [3.05, 3.63) is 107 Å². The lowest BCUT2D eigenvalue weighted by atomic mass is 9.98. The van der Waals surface area contributed by atoms with Gasteiger partial charge in [0.15, 0.2) is 0 Å². The molecule has 174 valence electrons. The van der Waals surface area contributed by atoms with Crippen molar-refractivity contribution in [1.29, 1.82) is 0 Å². The molecule has 4 aromatic rings. The second-order valence-electron chi connectivity index (χ2n) is 9.05. The summed E-state index contributed by atoms with van der Waals surface area (Å²) in [4.78, 5) is 30.7. The van der Waals surface area contributed by atoms with Crippen molar-refractivity contribution in [2.24, 2.45) is 0 Å². The van der Waals surface area contributed by atoms with Crippen molar-refractivity contribution < 1.29 is 4.79 Å². The standard InChI is InChI=1S/C28H30N4O2/c33-27(29-25(22-11-5-2-6-12-22)19-21-9-3-1-4-10-21)20-31-17-15-23(16-18-31)32-26-14-8-7-13-24(26)30-28(32)34/h1-14,23,25H,15-20H2,(H,29,33)(H,30,34). The molecule has 0 spiro atoms. The average Bonchev–Trinajstić information content (AvgIpc) is 3.21. The molecule has 1 atom stereocenters. The highest BCUT2D eigenvalue weighted by Gasteiger charge is 2.25. The van der Waals surface area contributed by atoms with Crippen molar-refractivity contribution in [2.75, 3.05) is 19.6 Å². The molecule has 2 heterocycles. The minimum Gasteiger partial charge on any atom is -0.348 e. The normalized spacial score (nSPS) is 15.9. The lowest BCUT2D eigenvalue weighted by Gasteiger charge is -2.32. The molecule has 1 amide bonds. The molecule has 0 bridgehead atoms. The van der Waals surface area contributed by atoms with E-state index in [1.807, 2.05) is 65.2 Å². The lowest BCUT2D eigenvalue weighted by molar-refractivity contribution is -0.123. The molecule has 2 N–H and O–H groups in total. The predicted octanol–water partition coefficient (Wildman–Crippen LogP) is 4.07. The molecule has 1 unspecified atom stereocenters. The number of likely N-dealkylation sites (tertiary alicyclic amines) is 1. The van der Waals surface area contributed by atoms with Gasteiger partial charge in [-0.2, -0.15) is 0 Å². The van der Waals surface area contributed by atoms with E-state index in [-0.39, 0.29) is 23.7 Å². The van der Waals surface area contributed by atoms with Gasteiger partial charge in [0, 0.05) is 19.1 Å². The van der Waals surface area contributed by atoms with Crippen LogP contribution < -0.4 is 11.0 Å². The lowest BCUT2D eigenvalue weighted by Crippen LogP contribution is -2.43. The summed E-state index contributed by atoms with van der Waals surface area (Å²) in [6.45, 7) is 1.95. The molecule has 0 radical (unpaired) electrons. The molecule has 1 aromatic heterocycles. The number of hydrogen-bond acceptors (Lipinski definition) is 3. The molecule has 1 aliphatic rings. The van der Waals surface area contributed by atoms with Gasteiger partial charge in [-0.3, -0.25) is 14.3 Å². The van der Waals surface area contributed by atoms with Crippen molar-refractivity contribution in [2.45, 2.75) is 31.3 Å². The van der Waals surface area contributed by atoms with E-state index < -0.39 is 0 Å². The summed E-state index contributed by atoms with van der Waals surface area (Å²) in [5.41, 5.74) is 4.08. The van der Waals surface area contributed by atoms with Crippen LogP contribution in [0.25, 0.3) is 11.0 Å². The fraction of sp³-hybridized carbons (Fsp3) is 0.286. The molecule has 1 fully saturated rings. The molecule has 5 rings (SSSR count). The summed E-state index contributed by atoms with van der Waals surface area (Å²) in [7, 11) is 0. The summed E-state index contributed by atoms with van der Waals surface area (Å²) < 4.78 is 1.89. The average molecular weight is 455 g/mol. The first-order chi connectivity index (χ1) is 16.7. The number of rotatable bonds is 7. The van der Waals surface area contributed by atoms with Crippen LogP contribution in [-0.4, -0.2) is 40.0 Å². The largest absolute Gasteiger partial charge is 0.348 e. The van der Waals surface area contributed by atoms with E-state index in [9.17, 15) is 9.59 Å². The van der Waals surface area contributed by atoms with Gasteiger partial charge < -0.3 is 10.3 Å². The van der Waals surface area contributed by atoms with Gasteiger partial charge in [-0.25, -0.2) is 4.79 Å². The molecule has 0 saturated carbocycles. The quantitative estimate of drug-likeness (QED) is 0.442. The highest BCUT2D eigenvalue weighted by atomic mass is 16.2. The fourth-order valence-corrected chi connectivity index (χ4v) is 5.00. The third-order valence-corrected chi connectivity index (χ3v) is 6.73. The number of nitrogens with one attached hydrogen (secondary N) is 2. The number of nitrogens with zero attached hydrogens (tertiary/aromatic N) is 2. The Bertz CT molecular complexity index is 1290. The van der Waals surface area contributed by atoms with Crippen LogP contribution >= 0.6 is 0 Å². The third-order valence-electron chi connectivity index (χ3n) is 6.73. The van der Waals surface area contributed by atoms with Crippen LogP contribution in [0.15, 0.2) is 89.7 Å². The van der Waals surface area contributed by atoms with Gasteiger partial charge in [-0.05, 0) is 42.5 Å². The third kappa shape index (κ3) is 4.97. The van der Waals surface area contributed by atoms with Gasteiger partial charge in [-0.15, -0.1) is 0 Å². The number of aromatic nitrogens is 2. The number of carbonyl (C=O) groups excluding carboxylic acids is 1. The minimum absolute atomic E-state index is 0.0347. The smallest absolute Gasteiger partial charge is 0.326 e. The Morgan fingerprint density at radius 1 is 0.912 bits per heavy atom. The number of aromatic amines is 1. The predicted molar refractivity (Wildman–Crippen MR) is 135 cm³/mol.